The summed E-state index contributed by atoms with van der Waals surface area (Å²) < 4.78 is 6.44. The Morgan fingerprint density at radius 3 is 2.57 bits per heavy atom. The molecule has 116 valence electrons. The van der Waals surface area contributed by atoms with Crippen LogP contribution >= 0.6 is 27.7 Å². The maximum absolute atomic E-state index is 11.9. The van der Waals surface area contributed by atoms with Crippen molar-refractivity contribution in [3.63, 3.8) is 0 Å². The summed E-state index contributed by atoms with van der Waals surface area (Å²) >= 11 is 4.81. The number of anilines is 1. The zero-order valence-electron chi connectivity index (χ0n) is 11.9. The lowest BCUT2D eigenvalue weighted by Crippen LogP contribution is -2.14. The van der Waals surface area contributed by atoms with Crippen LogP contribution in [0, 0.1) is 0 Å². The summed E-state index contributed by atoms with van der Waals surface area (Å²) in [6, 6.07) is 17.3. The van der Waals surface area contributed by atoms with Crippen molar-refractivity contribution in [2.24, 2.45) is 0 Å². The standard InChI is InChI=1S/C16H12BrN3O2S/c17-12-6-8-13(9-7-12)23-10-14(21)18-16-20-19-15(22-16)11-4-2-1-3-5-11/h1-9H,10H2,(H,18,20,21). The van der Waals surface area contributed by atoms with Crippen LogP contribution < -0.4 is 5.32 Å². The molecule has 0 aliphatic rings. The summed E-state index contributed by atoms with van der Waals surface area (Å²) in [5.74, 6) is 0.452. The van der Waals surface area contributed by atoms with Crippen LogP contribution in [0.3, 0.4) is 0 Å². The van der Waals surface area contributed by atoms with Gasteiger partial charge in [-0.25, -0.2) is 0 Å². The van der Waals surface area contributed by atoms with Crippen molar-refractivity contribution in [2.75, 3.05) is 11.1 Å². The van der Waals surface area contributed by atoms with Crippen LogP contribution in [0.25, 0.3) is 11.5 Å². The molecule has 0 unspecified atom stereocenters. The fourth-order valence-electron chi connectivity index (χ4n) is 1.81. The summed E-state index contributed by atoms with van der Waals surface area (Å²) in [5.41, 5.74) is 0.810. The van der Waals surface area contributed by atoms with Gasteiger partial charge in [-0.15, -0.1) is 16.9 Å². The number of nitrogens with zero attached hydrogens (tertiary/aromatic N) is 2. The molecule has 0 spiro atoms. The molecule has 1 heterocycles. The Kier molecular flexibility index (Phi) is 5.09. The highest BCUT2D eigenvalue weighted by Gasteiger charge is 2.11. The monoisotopic (exact) mass is 389 g/mol. The van der Waals surface area contributed by atoms with Crippen LogP contribution in [0.15, 0.2) is 68.4 Å². The third-order valence-electron chi connectivity index (χ3n) is 2.88. The molecule has 1 aromatic heterocycles. The quantitative estimate of drug-likeness (QED) is 0.661. The third-order valence-corrected chi connectivity index (χ3v) is 4.42. The molecule has 1 amide bonds. The van der Waals surface area contributed by atoms with Gasteiger partial charge in [-0.1, -0.05) is 39.2 Å². The Morgan fingerprint density at radius 2 is 1.83 bits per heavy atom. The summed E-state index contributed by atoms with van der Waals surface area (Å²) in [6.07, 6.45) is 0. The fourth-order valence-corrected chi connectivity index (χ4v) is 2.77. The highest BCUT2D eigenvalue weighted by molar-refractivity contribution is 9.10. The van der Waals surface area contributed by atoms with Gasteiger partial charge in [0.1, 0.15) is 0 Å². The van der Waals surface area contributed by atoms with Crippen molar-refractivity contribution in [1.82, 2.24) is 10.2 Å². The van der Waals surface area contributed by atoms with Crippen LogP contribution in [-0.4, -0.2) is 21.9 Å². The Labute approximate surface area is 145 Å². The van der Waals surface area contributed by atoms with E-state index in [9.17, 15) is 4.79 Å². The Morgan fingerprint density at radius 1 is 1.09 bits per heavy atom. The Hall–Kier alpha value is -2.12. The lowest BCUT2D eigenvalue weighted by atomic mass is 10.2. The SMILES string of the molecule is O=C(CSc1ccc(Br)cc1)Nc1nnc(-c2ccccc2)o1. The van der Waals surface area contributed by atoms with Gasteiger partial charge in [-0.2, -0.15) is 0 Å². The Balaban J connectivity index is 1.56. The van der Waals surface area contributed by atoms with Gasteiger partial charge >= 0.3 is 6.01 Å². The van der Waals surface area contributed by atoms with Crippen molar-refractivity contribution in [1.29, 1.82) is 0 Å². The summed E-state index contributed by atoms with van der Waals surface area (Å²) in [5, 5.41) is 10.4. The van der Waals surface area contributed by atoms with E-state index >= 15 is 0 Å². The number of benzene rings is 2. The predicted molar refractivity (Wildman–Crippen MR) is 93.2 cm³/mol. The van der Waals surface area contributed by atoms with Crippen LogP contribution in [0.5, 0.6) is 0 Å². The van der Waals surface area contributed by atoms with E-state index in [4.69, 9.17) is 4.42 Å². The van der Waals surface area contributed by atoms with Crippen molar-refractivity contribution in [3.05, 3.63) is 59.1 Å². The number of carbonyl (C=O) groups is 1. The molecule has 0 radical (unpaired) electrons. The zero-order valence-corrected chi connectivity index (χ0v) is 14.3. The van der Waals surface area contributed by atoms with Crippen molar-refractivity contribution in [2.45, 2.75) is 4.90 Å². The number of rotatable bonds is 5. The maximum Gasteiger partial charge on any atom is 0.322 e. The smallest absolute Gasteiger partial charge is 0.322 e. The van der Waals surface area contributed by atoms with E-state index in [0.717, 1.165) is 14.9 Å². The van der Waals surface area contributed by atoms with E-state index in [0.29, 0.717) is 5.89 Å². The molecule has 7 heteroatoms. The molecule has 0 aliphatic carbocycles. The van der Waals surface area contributed by atoms with Crippen molar-refractivity contribution >= 4 is 39.6 Å². The lowest BCUT2D eigenvalue weighted by Gasteiger charge is -2.01. The number of aromatic nitrogens is 2. The molecular weight excluding hydrogens is 378 g/mol. The molecule has 0 aliphatic heterocycles. The maximum atomic E-state index is 11.9. The average Bonchev–Trinajstić information content (AvgIpc) is 3.04. The van der Waals surface area contributed by atoms with Gasteiger partial charge in [0.25, 0.3) is 0 Å². The molecule has 3 rings (SSSR count). The number of amides is 1. The first-order valence-electron chi connectivity index (χ1n) is 6.78. The van der Waals surface area contributed by atoms with Gasteiger partial charge in [-0.3, -0.25) is 10.1 Å². The van der Waals surface area contributed by atoms with Crippen LogP contribution in [-0.2, 0) is 4.79 Å². The van der Waals surface area contributed by atoms with Crippen molar-refractivity contribution < 1.29 is 9.21 Å². The minimum atomic E-state index is -0.193. The third kappa shape index (κ3) is 4.43. The second kappa shape index (κ2) is 7.43. The first-order valence-corrected chi connectivity index (χ1v) is 8.56. The van der Waals surface area contributed by atoms with Gasteiger partial charge in [0, 0.05) is 14.9 Å². The number of carbonyl (C=O) groups excluding carboxylic acids is 1. The molecule has 0 saturated heterocycles. The molecular formula is C16H12BrN3O2S. The molecule has 5 nitrogen and oxygen atoms in total. The number of hydrogen-bond acceptors (Lipinski definition) is 5. The summed E-state index contributed by atoms with van der Waals surface area (Å²) in [7, 11) is 0. The summed E-state index contributed by atoms with van der Waals surface area (Å²) in [6.45, 7) is 0. The van der Waals surface area contributed by atoms with Crippen LogP contribution in [0.2, 0.25) is 0 Å². The topological polar surface area (TPSA) is 68.0 Å². The van der Waals surface area contributed by atoms with Crippen LogP contribution in [0.1, 0.15) is 0 Å². The first kappa shape index (κ1) is 15.8. The number of hydrogen-bond donors (Lipinski definition) is 1. The second-order valence-electron chi connectivity index (χ2n) is 4.57. The molecule has 0 atom stereocenters. The molecule has 3 aromatic rings. The molecule has 0 saturated carbocycles. The van der Waals surface area contributed by atoms with E-state index in [1.807, 2.05) is 54.6 Å². The van der Waals surface area contributed by atoms with E-state index in [1.54, 1.807) is 0 Å². The molecule has 2 aromatic carbocycles. The van der Waals surface area contributed by atoms with Crippen molar-refractivity contribution in [3.8, 4) is 11.5 Å². The number of thioether (sulfide) groups is 1. The minimum Gasteiger partial charge on any atom is -0.403 e. The molecule has 1 N–H and O–H groups in total. The highest BCUT2D eigenvalue weighted by Crippen LogP contribution is 2.22. The normalized spacial score (nSPS) is 10.5. The first-order chi connectivity index (χ1) is 11.2. The Bertz CT molecular complexity index is 791. The van der Waals surface area contributed by atoms with Gasteiger partial charge in [0.2, 0.25) is 11.8 Å². The van der Waals surface area contributed by atoms with Crippen LogP contribution in [0.4, 0.5) is 6.01 Å². The fraction of sp³-hybridized carbons (Fsp3) is 0.0625. The van der Waals surface area contributed by atoms with E-state index in [-0.39, 0.29) is 17.7 Å². The number of halogens is 1. The van der Waals surface area contributed by atoms with Gasteiger partial charge in [0.15, 0.2) is 0 Å². The molecule has 0 fully saturated rings. The summed E-state index contributed by atoms with van der Waals surface area (Å²) in [4.78, 5) is 12.9. The van der Waals surface area contributed by atoms with E-state index < -0.39 is 0 Å². The average molecular weight is 390 g/mol. The van der Waals surface area contributed by atoms with Gasteiger partial charge in [-0.05, 0) is 36.4 Å². The predicted octanol–water partition coefficient (Wildman–Crippen LogP) is 4.23. The van der Waals surface area contributed by atoms with Gasteiger partial charge < -0.3 is 4.42 Å². The van der Waals surface area contributed by atoms with Gasteiger partial charge in [0.05, 0.1) is 5.75 Å². The largest absolute Gasteiger partial charge is 0.403 e. The lowest BCUT2D eigenvalue weighted by molar-refractivity contribution is -0.113. The number of nitrogens with one attached hydrogen (secondary N) is 1. The minimum absolute atomic E-state index is 0.102. The zero-order chi connectivity index (χ0) is 16.1. The molecule has 0 bridgehead atoms. The van der Waals surface area contributed by atoms with E-state index in [2.05, 4.69) is 31.4 Å². The highest BCUT2D eigenvalue weighted by atomic mass is 79.9. The second-order valence-corrected chi connectivity index (χ2v) is 6.53. The molecule has 23 heavy (non-hydrogen) atoms. The van der Waals surface area contributed by atoms with E-state index in [1.165, 1.54) is 11.8 Å².